The molecule has 2 amide bonds. The van der Waals surface area contributed by atoms with E-state index in [9.17, 15) is 14.4 Å². The van der Waals surface area contributed by atoms with E-state index in [1.54, 1.807) is 48.2 Å². The normalized spacial score (nSPS) is 15.3. The Kier molecular flexibility index (Phi) is 8.67. The third-order valence-corrected chi connectivity index (χ3v) is 7.90. The van der Waals surface area contributed by atoms with Crippen molar-refractivity contribution in [2.45, 2.75) is 39.5 Å². The van der Waals surface area contributed by atoms with Crippen molar-refractivity contribution in [3.05, 3.63) is 81.3 Å². The minimum atomic E-state index is -0.661. The van der Waals surface area contributed by atoms with Crippen LogP contribution in [0.5, 0.6) is 11.5 Å². The number of benzene rings is 3. The maximum Gasteiger partial charge on any atom is 0.311 e. The summed E-state index contributed by atoms with van der Waals surface area (Å²) in [4.78, 5) is 39.1. The van der Waals surface area contributed by atoms with Crippen molar-refractivity contribution in [3.8, 4) is 11.5 Å². The van der Waals surface area contributed by atoms with Gasteiger partial charge in [-0.25, -0.2) is 0 Å². The van der Waals surface area contributed by atoms with Crippen LogP contribution in [0.4, 0.5) is 11.4 Å². The highest BCUT2D eigenvalue weighted by molar-refractivity contribution is 9.10. The number of esters is 1. The molecule has 0 unspecified atom stereocenters. The Labute approximate surface area is 241 Å². The molecule has 0 bridgehead atoms. The quantitative estimate of drug-likeness (QED) is 0.289. The second-order valence-electron chi connectivity index (χ2n) is 10.5. The minimum Gasteiger partial charge on any atom is -0.457 e. The van der Waals surface area contributed by atoms with Gasteiger partial charge < -0.3 is 19.7 Å². The Morgan fingerprint density at radius 1 is 1.03 bits per heavy atom. The van der Waals surface area contributed by atoms with Gasteiger partial charge in [0.15, 0.2) is 6.61 Å². The lowest BCUT2D eigenvalue weighted by molar-refractivity contribution is -0.151. The van der Waals surface area contributed by atoms with Crippen molar-refractivity contribution in [1.29, 1.82) is 0 Å². The van der Waals surface area contributed by atoms with Gasteiger partial charge >= 0.3 is 5.97 Å². The SMILES string of the molecule is Cc1c(NC(=O)COC(=O)[C@H]2CC(=O)N(c3ccc(Oc4ccc(C(C)(C)C)cc4)cc3)C2)ccc(Br)c1Cl. The maximum atomic E-state index is 12.6. The number of nitrogens with one attached hydrogen (secondary N) is 1. The first-order valence-electron chi connectivity index (χ1n) is 12.5. The lowest BCUT2D eigenvalue weighted by Gasteiger charge is -2.19. The molecule has 1 N–H and O–H groups in total. The van der Waals surface area contributed by atoms with Gasteiger partial charge in [-0.15, -0.1) is 0 Å². The summed E-state index contributed by atoms with van der Waals surface area (Å²) in [5, 5.41) is 3.18. The first-order valence-corrected chi connectivity index (χ1v) is 13.7. The fourth-order valence-electron chi connectivity index (χ4n) is 4.20. The van der Waals surface area contributed by atoms with E-state index in [1.807, 2.05) is 24.3 Å². The van der Waals surface area contributed by atoms with Gasteiger partial charge in [-0.3, -0.25) is 14.4 Å². The number of halogens is 2. The number of amides is 2. The molecule has 0 aromatic heterocycles. The summed E-state index contributed by atoms with van der Waals surface area (Å²) in [6.07, 6.45) is 0.0141. The summed E-state index contributed by atoms with van der Waals surface area (Å²) in [5.74, 6) is -0.573. The Balaban J connectivity index is 1.30. The molecule has 3 aromatic carbocycles. The summed E-state index contributed by atoms with van der Waals surface area (Å²) >= 11 is 9.53. The van der Waals surface area contributed by atoms with Crippen LogP contribution in [0.2, 0.25) is 5.02 Å². The molecule has 7 nitrogen and oxygen atoms in total. The molecule has 204 valence electrons. The highest BCUT2D eigenvalue weighted by Crippen LogP contribution is 2.32. The Morgan fingerprint density at radius 3 is 2.26 bits per heavy atom. The third kappa shape index (κ3) is 6.99. The zero-order chi connectivity index (χ0) is 28.3. The number of ether oxygens (including phenoxy) is 2. The van der Waals surface area contributed by atoms with E-state index in [0.717, 1.165) is 10.2 Å². The van der Waals surface area contributed by atoms with Crippen LogP contribution in [0.1, 0.15) is 38.3 Å². The van der Waals surface area contributed by atoms with Crippen LogP contribution in [0, 0.1) is 12.8 Å². The summed E-state index contributed by atoms with van der Waals surface area (Å²) in [6.45, 7) is 7.96. The molecule has 0 aliphatic carbocycles. The molecule has 1 atom stereocenters. The van der Waals surface area contributed by atoms with Gasteiger partial charge in [0.25, 0.3) is 5.91 Å². The van der Waals surface area contributed by atoms with Crippen LogP contribution in [0.15, 0.2) is 65.1 Å². The summed E-state index contributed by atoms with van der Waals surface area (Å²) in [5.41, 5.74) is 3.16. The molecular weight excluding hydrogens is 584 g/mol. The van der Waals surface area contributed by atoms with Crippen LogP contribution in [0.25, 0.3) is 0 Å². The zero-order valence-corrected chi connectivity index (χ0v) is 24.6. The van der Waals surface area contributed by atoms with E-state index in [0.29, 0.717) is 27.7 Å². The fraction of sp³-hybridized carbons (Fsp3) is 0.300. The van der Waals surface area contributed by atoms with E-state index >= 15 is 0 Å². The van der Waals surface area contributed by atoms with Crippen molar-refractivity contribution in [1.82, 2.24) is 0 Å². The minimum absolute atomic E-state index is 0.0141. The molecule has 4 rings (SSSR count). The van der Waals surface area contributed by atoms with E-state index in [1.165, 1.54) is 5.56 Å². The van der Waals surface area contributed by atoms with Gasteiger partial charge in [0, 0.05) is 28.8 Å². The van der Waals surface area contributed by atoms with Gasteiger partial charge in [0.2, 0.25) is 5.91 Å². The molecule has 39 heavy (non-hydrogen) atoms. The summed E-state index contributed by atoms with van der Waals surface area (Å²) < 4.78 is 11.9. The molecule has 1 aliphatic rings. The average molecular weight is 614 g/mol. The Morgan fingerprint density at radius 2 is 1.64 bits per heavy atom. The van der Waals surface area contributed by atoms with Crippen molar-refractivity contribution >= 4 is 56.7 Å². The van der Waals surface area contributed by atoms with E-state index in [4.69, 9.17) is 21.1 Å². The monoisotopic (exact) mass is 612 g/mol. The first-order chi connectivity index (χ1) is 18.4. The number of rotatable bonds is 7. The predicted molar refractivity (Wildman–Crippen MR) is 156 cm³/mol. The molecular formula is C30H30BrClN2O5. The molecule has 1 fully saturated rings. The first kappa shape index (κ1) is 28.6. The van der Waals surface area contributed by atoms with E-state index in [-0.39, 0.29) is 24.3 Å². The largest absolute Gasteiger partial charge is 0.457 e. The molecule has 1 aliphatic heterocycles. The summed E-state index contributed by atoms with van der Waals surface area (Å²) in [7, 11) is 0. The molecule has 0 radical (unpaired) electrons. The Bertz CT molecular complexity index is 1380. The molecule has 1 saturated heterocycles. The highest BCUT2D eigenvalue weighted by Gasteiger charge is 2.36. The van der Waals surface area contributed by atoms with Gasteiger partial charge in [-0.1, -0.05) is 44.5 Å². The second kappa shape index (κ2) is 11.8. The van der Waals surface area contributed by atoms with Gasteiger partial charge in [0.1, 0.15) is 11.5 Å². The smallest absolute Gasteiger partial charge is 0.311 e. The average Bonchev–Trinajstić information content (AvgIpc) is 3.29. The molecule has 9 heteroatoms. The molecule has 0 saturated carbocycles. The summed E-state index contributed by atoms with van der Waals surface area (Å²) in [6, 6.07) is 18.5. The number of hydrogen-bond donors (Lipinski definition) is 1. The van der Waals surface area contributed by atoms with Crippen LogP contribution >= 0.6 is 27.5 Å². The van der Waals surface area contributed by atoms with Crippen LogP contribution < -0.4 is 15.0 Å². The predicted octanol–water partition coefficient (Wildman–Crippen LogP) is 7.04. The van der Waals surface area contributed by atoms with Crippen molar-refractivity contribution in [3.63, 3.8) is 0 Å². The third-order valence-electron chi connectivity index (χ3n) is 6.52. The number of carbonyl (C=O) groups is 3. The Hall–Kier alpha value is -3.36. The van der Waals surface area contributed by atoms with Crippen LogP contribution in [0.3, 0.4) is 0 Å². The second-order valence-corrected chi connectivity index (χ2v) is 11.7. The fourth-order valence-corrected chi connectivity index (χ4v) is 4.79. The lowest BCUT2D eigenvalue weighted by Crippen LogP contribution is -2.28. The van der Waals surface area contributed by atoms with Crippen molar-refractivity contribution in [2.75, 3.05) is 23.4 Å². The molecule has 3 aromatic rings. The molecule has 1 heterocycles. The van der Waals surface area contributed by atoms with Gasteiger partial charge in [-0.05, 0) is 87.9 Å². The zero-order valence-electron chi connectivity index (χ0n) is 22.2. The van der Waals surface area contributed by atoms with Crippen molar-refractivity contribution in [2.24, 2.45) is 5.92 Å². The standard InChI is InChI=1S/C30H30BrClN2O5/c1-18-25(14-13-24(31)28(18)32)33-26(35)17-38-29(37)19-15-27(36)34(16-19)21-7-11-23(12-8-21)39-22-9-5-20(6-10-22)30(2,3)4/h5-14,19H,15-17H2,1-4H3,(H,33,35)/t19-/m0/s1. The number of anilines is 2. The van der Waals surface area contributed by atoms with Crippen LogP contribution in [-0.4, -0.2) is 30.9 Å². The highest BCUT2D eigenvalue weighted by atomic mass is 79.9. The van der Waals surface area contributed by atoms with E-state index < -0.39 is 24.4 Å². The topological polar surface area (TPSA) is 84.9 Å². The number of carbonyl (C=O) groups excluding carboxylic acids is 3. The van der Waals surface area contributed by atoms with E-state index in [2.05, 4.69) is 42.0 Å². The number of nitrogens with zero attached hydrogens (tertiary/aromatic N) is 1. The van der Waals surface area contributed by atoms with Gasteiger partial charge in [0.05, 0.1) is 10.9 Å². The maximum absolute atomic E-state index is 12.6. The number of hydrogen-bond acceptors (Lipinski definition) is 5. The molecule has 0 spiro atoms. The van der Waals surface area contributed by atoms with Crippen LogP contribution in [-0.2, 0) is 24.5 Å². The lowest BCUT2D eigenvalue weighted by atomic mass is 9.87. The van der Waals surface area contributed by atoms with Crippen molar-refractivity contribution < 1.29 is 23.9 Å². The van der Waals surface area contributed by atoms with Gasteiger partial charge in [-0.2, -0.15) is 0 Å².